The van der Waals surface area contributed by atoms with Gasteiger partial charge in [0, 0.05) is 13.1 Å². The molecule has 0 bridgehead atoms. The van der Waals surface area contributed by atoms with E-state index in [4.69, 9.17) is 5.73 Å². The van der Waals surface area contributed by atoms with E-state index in [-0.39, 0.29) is 11.3 Å². The van der Waals surface area contributed by atoms with Crippen LogP contribution in [-0.2, 0) is 13.5 Å². The van der Waals surface area contributed by atoms with Crippen LogP contribution in [0.5, 0.6) is 0 Å². The average Bonchev–Trinajstić information content (AvgIpc) is 2.64. The van der Waals surface area contributed by atoms with Crippen LogP contribution in [-0.4, -0.2) is 9.78 Å². The van der Waals surface area contributed by atoms with Gasteiger partial charge in [0.1, 0.15) is 11.6 Å². The van der Waals surface area contributed by atoms with Crippen molar-refractivity contribution in [3.8, 4) is 0 Å². The third kappa shape index (κ3) is 2.59. The van der Waals surface area contributed by atoms with Gasteiger partial charge in [0.05, 0.1) is 17.1 Å². The van der Waals surface area contributed by atoms with Crippen LogP contribution in [0.25, 0.3) is 0 Å². The van der Waals surface area contributed by atoms with Gasteiger partial charge in [0.15, 0.2) is 5.82 Å². The van der Waals surface area contributed by atoms with Crippen LogP contribution < -0.4 is 11.1 Å². The Kier molecular flexibility index (Phi) is 3.92. The average molecular weight is 280 g/mol. The lowest BCUT2D eigenvalue weighted by Crippen LogP contribution is -2.03. The molecule has 20 heavy (non-hydrogen) atoms. The van der Waals surface area contributed by atoms with Crippen molar-refractivity contribution in [1.82, 2.24) is 9.78 Å². The zero-order valence-corrected chi connectivity index (χ0v) is 11.8. The van der Waals surface area contributed by atoms with E-state index in [0.717, 1.165) is 30.7 Å². The number of nitrogen functional groups attached to an aromatic ring is 1. The molecule has 0 spiro atoms. The topological polar surface area (TPSA) is 55.9 Å². The molecule has 0 unspecified atom stereocenters. The van der Waals surface area contributed by atoms with Gasteiger partial charge in [0.25, 0.3) is 0 Å². The molecule has 4 nitrogen and oxygen atoms in total. The SMILES string of the molecule is CCCc1nn(C)c(Nc2cc(F)c(C)cc2F)c1N. The van der Waals surface area contributed by atoms with Crippen molar-refractivity contribution in [1.29, 1.82) is 0 Å². The quantitative estimate of drug-likeness (QED) is 0.903. The van der Waals surface area contributed by atoms with Crippen molar-refractivity contribution in [2.75, 3.05) is 11.1 Å². The Balaban J connectivity index is 2.37. The van der Waals surface area contributed by atoms with Crippen LogP contribution in [0.2, 0.25) is 0 Å². The molecule has 0 atom stereocenters. The second-order valence-electron chi connectivity index (χ2n) is 4.79. The van der Waals surface area contributed by atoms with Crippen LogP contribution in [0.15, 0.2) is 12.1 Å². The molecule has 0 radical (unpaired) electrons. The molecule has 0 fully saturated rings. The Hall–Kier alpha value is -2.11. The van der Waals surface area contributed by atoms with E-state index in [1.165, 1.54) is 11.6 Å². The number of aromatic nitrogens is 2. The van der Waals surface area contributed by atoms with Crippen molar-refractivity contribution in [3.05, 3.63) is 35.0 Å². The number of anilines is 3. The van der Waals surface area contributed by atoms with E-state index in [2.05, 4.69) is 10.4 Å². The van der Waals surface area contributed by atoms with Gasteiger partial charge >= 0.3 is 0 Å². The highest BCUT2D eigenvalue weighted by Gasteiger charge is 2.15. The Morgan fingerprint density at radius 1 is 1.30 bits per heavy atom. The lowest BCUT2D eigenvalue weighted by molar-refractivity contribution is 0.595. The Bertz CT molecular complexity index is 635. The minimum Gasteiger partial charge on any atom is -0.394 e. The predicted molar refractivity (Wildman–Crippen MR) is 76.0 cm³/mol. The summed E-state index contributed by atoms with van der Waals surface area (Å²) in [7, 11) is 1.71. The highest BCUT2D eigenvalue weighted by molar-refractivity contribution is 5.71. The number of nitrogens with two attached hydrogens (primary N) is 1. The largest absolute Gasteiger partial charge is 0.394 e. The fourth-order valence-corrected chi connectivity index (χ4v) is 2.04. The van der Waals surface area contributed by atoms with E-state index in [9.17, 15) is 8.78 Å². The Labute approximate surface area is 116 Å². The van der Waals surface area contributed by atoms with Crippen LogP contribution in [0.1, 0.15) is 24.6 Å². The summed E-state index contributed by atoms with van der Waals surface area (Å²) in [5.74, 6) is -0.527. The zero-order valence-electron chi connectivity index (χ0n) is 11.8. The first-order chi connectivity index (χ1) is 9.43. The molecule has 108 valence electrons. The van der Waals surface area contributed by atoms with Crippen molar-refractivity contribution < 1.29 is 8.78 Å². The molecule has 1 aromatic heterocycles. The van der Waals surface area contributed by atoms with E-state index in [1.807, 2.05) is 6.92 Å². The first-order valence-electron chi connectivity index (χ1n) is 6.48. The molecule has 1 aromatic carbocycles. The first-order valence-corrected chi connectivity index (χ1v) is 6.48. The van der Waals surface area contributed by atoms with Crippen molar-refractivity contribution >= 4 is 17.2 Å². The number of hydrogen-bond donors (Lipinski definition) is 2. The van der Waals surface area contributed by atoms with Gasteiger partial charge in [-0.15, -0.1) is 0 Å². The second-order valence-corrected chi connectivity index (χ2v) is 4.79. The summed E-state index contributed by atoms with van der Waals surface area (Å²) in [6, 6.07) is 2.27. The molecular weight excluding hydrogens is 262 g/mol. The van der Waals surface area contributed by atoms with Gasteiger partial charge in [-0.05, 0) is 25.0 Å². The molecule has 1 heterocycles. The van der Waals surface area contributed by atoms with Crippen LogP contribution in [0.3, 0.4) is 0 Å². The number of nitrogens with zero attached hydrogens (tertiary/aromatic N) is 2. The maximum Gasteiger partial charge on any atom is 0.152 e. The third-order valence-corrected chi connectivity index (χ3v) is 3.15. The first kappa shape index (κ1) is 14.3. The van der Waals surface area contributed by atoms with Crippen molar-refractivity contribution in [3.63, 3.8) is 0 Å². The molecule has 2 aromatic rings. The fraction of sp³-hybridized carbons (Fsp3) is 0.357. The summed E-state index contributed by atoms with van der Waals surface area (Å²) in [6.07, 6.45) is 1.65. The van der Waals surface area contributed by atoms with E-state index in [0.29, 0.717) is 11.5 Å². The van der Waals surface area contributed by atoms with Crippen LogP contribution >= 0.6 is 0 Å². The van der Waals surface area contributed by atoms with Crippen LogP contribution in [0, 0.1) is 18.6 Å². The summed E-state index contributed by atoms with van der Waals surface area (Å²) < 4.78 is 28.9. The summed E-state index contributed by atoms with van der Waals surface area (Å²) in [5, 5.41) is 7.09. The number of rotatable bonds is 4. The predicted octanol–water partition coefficient (Wildman–Crippen LogP) is 3.29. The molecule has 3 N–H and O–H groups in total. The molecule has 0 saturated heterocycles. The van der Waals surface area contributed by atoms with Crippen LogP contribution in [0.4, 0.5) is 26.0 Å². The molecule has 6 heteroatoms. The maximum absolute atomic E-state index is 13.8. The number of halogens is 2. The van der Waals surface area contributed by atoms with E-state index in [1.54, 1.807) is 7.05 Å². The molecule has 0 aliphatic heterocycles. The second kappa shape index (κ2) is 5.48. The summed E-state index contributed by atoms with van der Waals surface area (Å²) >= 11 is 0. The van der Waals surface area contributed by atoms with E-state index < -0.39 is 11.6 Å². The molecule has 0 amide bonds. The van der Waals surface area contributed by atoms with Gasteiger partial charge in [0.2, 0.25) is 0 Å². The maximum atomic E-state index is 13.8. The minimum atomic E-state index is -0.526. The van der Waals surface area contributed by atoms with Gasteiger partial charge in [-0.3, -0.25) is 4.68 Å². The van der Waals surface area contributed by atoms with Gasteiger partial charge in [-0.2, -0.15) is 5.10 Å². The normalized spacial score (nSPS) is 10.8. The molecule has 0 aliphatic carbocycles. The number of benzene rings is 1. The lowest BCUT2D eigenvalue weighted by atomic mass is 10.2. The Morgan fingerprint density at radius 2 is 2.00 bits per heavy atom. The zero-order chi connectivity index (χ0) is 14.9. The van der Waals surface area contributed by atoms with Crippen molar-refractivity contribution in [2.24, 2.45) is 7.05 Å². The fourth-order valence-electron chi connectivity index (χ4n) is 2.04. The van der Waals surface area contributed by atoms with E-state index >= 15 is 0 Å². The highest BCUT2D eigenvalue weighted by atomic mass is 19.1. The molecular formula is C14H18F2N4. The van der Waals surface area contributed by atoms with Gasteiger partial charge in [-0.1, -0.05) is 13.3 Å². The smallest absolute Gasteiger partial charge is 0.152 e. The number of aryl methyl sites for hydroxylation is 3. The Morgan fingerprint density at radius 3 is 2.65 bits per heavy atom. The highest BCUT2D eigenvalue weighted by Crippen LogP contribution is 2.28. The number of hydrogen-bond acceptors (Lipinski definition) is 3. The summed E-state index contributed by atoms with van der Waals surface area (Å²) in [6.45, 7) is 3.54. The monoisotopic (exact) mass is 280 g/mol. The minimum absolute atomic E-state index is 0.0471. The lowest BCUT2D eigenvalue weighted by Gasteiger charge is -2.10. The summed E-state index contributed by atoms with van der Waals surface area (Å²) in [5.41, 5.74) is 7.53. The van der Waals surface area contributed by atoms with Gasteiger partial charge in [-0.25, -0.2) is 8.78 Å². The molecule has 0 saturated carbocycles. The third-order valence-electron chi connectivity index (χ3n) is 3.15. The summed E-state index contributed by atoms with van der Waals surface area (Å²) in [4.78, 5) is 0. The van der Waals surface area contributed by atoms with Crippen molar-refractivity contribution in [2.45, 2.75) is 26.7 Å². The van der Waals surface area contributed by atoms with Gasteiger partial charge < -0.3 is 11.1 Å². The molecule has 2 rings (SSSR count). The molecule has 0 aliphatic rings. The number of nitrogens with one attached hydrogen (secondary N) is 1. The standard InChI is InChI=1S/C14H18F2N4/c1-4-5-11-13(17)14(20(3)19-11)18-12-7-9(15)8(2)6-10(12)16/h6-7,18H,4-5,17H2,1-3H3.